The molecule has 1 amide bonds. The summed E-state index contributed by atoms with van der Waals surface area (Å²) in [6.45, 7) is 2.44. The topological polar surface area (TPSA) is 123 Å². The van der Waals surface area contributed by atoms with E-state index in [-0.39, 0.29) is 28.5 Å². The lowest BCUT2D eigenvalue weighted by Crippen LogP contribution is -2.15. The zero-order valence-electron chi connectivity index (χ0n) is 15.2. The minimum absolute atomic E-state index is 0.137. The van der Waals surface area contributed by atoms with Gasteiger partial charge in [0.15, 0.2) is 17.1 Å². The van der Waals surface area contributed by atoms with Crippen molar-refractivity contribution in [1.29, 1.82) is 0 Å². The van der Waals surface area contributed by atoms with E-state index in [2.05, 4.69) is 5.16 Å². The molecule has 4 N–H and O–H groups in total. The molecule has 0 radical (unpaired) electrons. The lowest BCUT2D eigenvalue weighted by atomic mass is 10.1. The van der Waals surface area contributed by atoms with Crippen molar-refractivity contribution in [3.63, 3.8) is 0 Å². The van der Waals surface area contributed by atoms with Crippen LogP contribution >= 0.6 is 0 Å². The highest BCUT2D eigenvalue weighted by atomic mass is 16.5. The SMILES string of the molecule is CCCCOc1c(C(N)=O)cc(N)c(Oc2ccc3cnoc3c2)c1OC. The highest BCUT2D eigenvalue weighted by Crippen LogP contribution is 2.46. The molecule has 0 aliphatic carbocycles. The zero-order chi connectivity index (χ0) is 19.4. The Morgan fingerprint density at radius 2 is 2.04 bits per heavy atom. The Labute approximate surface area is 156 Å². The van der Waals surface area contributed by atoms with Crippen molar-refractivity contribution >= 4 is 22.6 Å². The summed E-state index contributed by atoms with van der Waals surface area (Å²) < 4.78 is 22.3. The first-order chi connectivity index (χ1) is 13.0. The standard InChI is InChI=1S/C19H21N3O5/c1-3-4-7-25-16-13(19(21)23)9-14(20)17(18(16)24-2)26-12-6-5-11-10-22-27-15(11)8-12/h5-6,8-10H,3-4,7,20H2,1-2H3,(H2,21,23). The second-order valence-electron chi connectivity index (χ2n) is 5.90. The second-order valence-corrected chi connectivity index (χ2v) is 5.90. The number of anilines is 1. The van der Waals surface area contributed by atoms with Gasteiger partial charge in [0, 0.05) is 11.5 Å². The minimum atomic E-state index is -0.666. The second kappa shape index (κ2) is 7.86. The first-order valence-electron chi connectivity index (χ1n) is 8.50. The number of primary amides is 1. The van der Waals surface area contributed by atoms with Crippen molar-refractivity contribution in [1.82, 2.24) is 5.16 Å². The average Bonchev–Trinajstić information content (AvgIpc) is 3.11. The Balaban J connectivity index is 2.04. The number of unbranched alkanes of at least 4 members (excludes halogenated alkanes) is 1. The number of fused-ring (bicyclic) bond motifs is 1. The van der Waals surface area contributed by atoms with Gasteiger partial charge in [-0.3, -0.25) is 4.79 Å². The summed E-state index contributed by atoms with van der Waals surface area (Å²) in [6.07, 6.45) is 3.35. The summed E-state index contributed by atoms with van der Waals surface area (Å²) in [4.78, 5) is 11.8. The van der Waals surface area contributed by atoms with Gasteiger partial charge in [-0.05, 0) is 24.6 Å². The molecule has 0 aliphatic rings. The van der Waals surface area contributed by atoms with Gasteiger partial charge in [-0.15, -0.1) is 0 Å². The van der Waals surface area contributed by atoms with E-state index in [0.717, 1.165) is 18.2 Å². The van der Waals surface area contributed by atoms with Gasteiger partial charge in [0.25, 0.3) is 5.91 Å². The quantitative estimate of drug-likeness (QED) is 0.459. The number of carbonyl (C=O) groups excluding carboxylic acids is 1. The first-order valence-corrected chi connectivity index (χ1v) is 8.50. The Bertz CT molecular complexity index is 967. The van der Waals surface area contributed by atoms with Crippen LogP contribution in [0.4, 0.5) is 5.69 Å². The van der Waals surface area contributed by atoms with E-state index in [9.17, 15) is 4.79 Å². The third kappa shape index (κ3) is 3.74. The summed E-state index contributed by atoms with van der Waals surface area (Å²) in [5.74, 6) is 0.450. The van der Waals surface area contributed by atoms with Crippen molar-refractivity contribution < 1.29 is 23.5 Å². The first kappa shape index (κ1) is 18.4. The van der Waals surface area contributed by atoms with Gasteiger partial charge in [-0.25, -0.2) is 0 Å². The third-order valence-corrected chi connectivity index (χ3v) is 3.98. The Morgan fingerprint density at radius 3 is 2.74 bits per heavy atom. The van der Waals surface area contributed by atoms with E-state index >= 15 is 0 Å². The number of carbonyl (C=O) groups is 1. The normalized spacial score (nSPS) is 10.7. The van der Waals surface area contributed by atoms with Gasteiger partial charge in [0.2, 0.25) is 5.75 Å². The molecule has 0 unspecified atom stereocenters. The summed E-state index contributed by atoms with van der Waals surface area (Å²) in [5, 5.41) is 4.58. The average molecular weight is 371 g/mol. The van der Waals surface area contributed by atoms with Crippen molar-refractivity contribution in [2.24, 2.45) is 5.73 Å². The van der Waals surface area contributed by atoms with Gasteiger partial charge in [-0.1, -0.05) is 18.5 Å². The molecule has 0 spiro atoms. The number of methoxy groups -OCH3 is 1. The molecule has 0 aliphatic heterocycles. The van der Waals surface area contributed by atoms with Crippen LogP contribution < -0.4 is 25.7 Å². The predicted molar refractivity (Wildman–Crippen MR) is 100 cm³/mol. The van der Waals surface area contributed by atoms with Crippen LogP contribution in [-0.4, -0.2) is 24.8 Å². The number of benzene rings is 2. The van der Waals surface area contributed by atoms with E-state index in [4.69, 9.17) is 30.2 Å². The molecular weight excluding hydrogens is 350 g/mol. The van der Waals surface area contributed by atoms with Gasteiger partial charge in [0.1, 0.15) is 5.75 Å². The van der Waals surface area contributed by atoms with Crippen LogP contribution in [-0.2, 0) is 0 Å². The fourth-order valence-corrected chi connectivity index (χ4v) is 2.60. The van der Waals surface area contributed by atoms with Crippen LogP contribution in [0.15, 0.2) is 35.0 Å². The highest BCUT2D eigenvalue weighted by molar-refractivity contribution is 5.99. The van der Waals surface area contributed by atoms with E-state index in [1.54, 1.807) is 24.4 Å². The molecule has 0 saturated heterocycles. The predicted octanol–water partition coefficient (Wildman–Crippen LogP) is 3.49. The van der Waals surface area contributed by atoms with Crippen molar-refractivity contribution in [3.05, 3.63) is 36.0 Å². The molecular formula is C19H21N3O5. The molecule has 8 heteroatoms. The molecule has 142 valence electrons. The van der Waals surface area contributed by atoms with E-state index in [1.807, 2.05) is 6.92 Å². The highest BCUT2D eigenvalue weighted by Gasteiger charge is 2.24. The van der Waals surface area contributed by atoms with Crippen molar-refractivity contribution in [3.8, 4) is 23.0 Å². The summed E-state index contributed by atoms with van der Waals surface area (Å²) >= 11 is 0. The lowest BCUT2D eigenvalue weighted by molar-refractivity contribution is 0.0995. The van der Waals surface area contributed by atoms with Crippen LogP contribution in [0, 0.1) is 0 Å². The van der Waals surface area contributed by atoms with Crippen molar-refractivity contribution in [2.75, 3.05) is 19.5 Å². The summed E-state index contributed by atoms with van der Waals surface area (Å²) in [7, 11) is 1.44. The molecule has 1 heterocycles. The van der Waals surface area contributed by atoms with E-state index < -0.39 is 5.91 Å². The van der Waals surface area contributed by atoms with Gasteiger partial charge in [-0.2, -0.15) is 0 Å². The fraction of sp³-hybridized carbons (Fsp3) is 0.263. The van der Waals surface area contributed by atoms with Crippen LogP contribution in [0.3, 0.4) is 0 Å². The molecule has 8 nitrogen and oxygen atoms in total. The molecule has 2 aromatic carbocycles. The van der Waals surface area contributed by atoms with Gasteiger partial charge < -0.3 is 30.2 Å². The van der Waals surface area contributed by atoms with Crippen LogP contribution in [0.5, 0.6) is 23.0 Å². The molecule has 0 fully saturated rings. The zero-order valence-corrected chi connectivity index (χ0v) is 15.2. The smallest absolute Gasteiger partial charge is 0.252 e. The Hall–Kier alpha value is -3.42. The van der Waals surface area contributed by atoms with Crippen LogP contribution in [0.1, 0.15) is 30.1 Å². The molecule has 3 rings (SSSR count). The molecule has 3 aromatic rings. The summed E-state index contributed by atoms with van der Waals surface area (Å²) in [5.41, 5.74) is 12.5. The van der Waals surface area contributed by atoms with Gasteiger partial charge in [0.05, 0.1) is 31.2 Å². The number of nitrogens with zero attached hydrogens (tertiary/aromatic N) is 1. The van der Waals surface area contributed by atoms with E-state index in [0.29, 0.717) is 17.9 Å². The number of amides is 1. The molecule has 0 atom stereocenters. The third-order valence-electron chi connectivity index (χ3n) is 3.98. The lowest BCUT2D eigenvalue weighted by Gasteiger charge is -2.19. The number of aromatic nitrogens is 1. The Kier molecular flexibility index (Phi) is 5.35. The molecule has 1 aromatic heterocycles. The molecule has 0 saturated carbocycles. The molecule has 27 heavy (non-hydrogen) atoms. The van der Waals surface area contributed by atoms with E-state index in [1.165, 1.54) is 13.2 Å². The maximum absolute atomic E-state index is 11.8. The number of rotatable bonds is 8. The maximum Gasteiger partial charge on any atom is 0.252 e. The number of nitrogens with two attached hydrogens (primary N) is 2. The monoisotopic (exact) mass is 371 g/mol. The van der Waals surface area contributed by atoms with Crippen LogP contribution in [0.2, 0.25) is 0 Å². The number of ether oxygens (including phenoxy) is 3. The van der Waals surface area contributed by atoms with Crippen molar-refractivity contribution in [2.45, 2.75) is 19.8 Å². The Morgan fingerprint density at radius 1 is 1.22 bits per heavy atom. The number of hydrogen-bond acceptors (Lipinski definition) is 7. The fourth-order valence-electron chi connectivity index (χ4n) is 2.60. The molecule has 0 bridgehead atoms. The minimum Gasteiger partial charge on any atom is -0.490 e. The maximum atomic E-state index is 11.8. The largest absolute Gasteiger partial charge is 0.490 e. The number of hydrogen-bond donors (Lipinski definition) is 2. The van der Waals surface area contributed by atoms with Crippen LogP contribution in [0.25, 0.3) is 11.0 Å². The summed E-state index contributed by atoms with van der Waals surface area (Å²) in [6, 6.07) is 6.66. The van der Waals surface area contributed by atoms with Gasteiger partial charge >= 0.3 is 0 Å². The number of nitrogen functional groups attached to an aromatic ring is 1.